The summed E-state index contributed by atoms with van der Waals surface area (Å²) in [5.41, 5.74) is 0.759. The van der Waals surface area contributed by atoms with Crippen LogP contribution >= 0.6 is 11.6 Å². The molecule has 2 aromatic rings. The van der Waals surface area contributed by atoms with Gasteiger partial charge >= 0.3 is 5.97 Å². The van der Waals surface area contributed by atoms with Crippen molar-refractivity contribution in [2.45, 2.75) is 18.8 Å². The first-order valence-corrected chi connectivity index (χ1v) is 6.43. The Kier molecular flexibility index (Phi) is 3.91. The van der Waals surface area contributed by atoms with Gasteiger partial charge in [-0.25, -0.2) is 0 Å². The predicted molar refractivity (Wildman–Crippen MR) is 76.6 cm³/mol. The monoisotopic (exact) mass is 274 g/mol. The van der Waals surface area contributed by atoms with Gasteiger partial charge in [0.1, 0.15) is 0 Å². The summed E-state index contributed by atoms with van der Waals surface area (Å²) in [7, 11) is 0. The lowest BCUT2D eigenvalue weighted by molar-refractivity contribution is -0.143. The molecular formula is C16H15ClO2. The molecule has 0 saturated carbocycles. The summed E-state index contributed by atoms with van der Waals surface area (Å²) in [5, 5.41) is 10.2. The van der Waals surface area contributed by atoms with E-state index in [-0.39, 0.29) is 0 Å². The van der Waals surface area contributed by atoms with E-state index in [4.69, 9.17) is 11.6 Å². The second-order valence-electron chi connectivity index (χ2n) is 4.81. The Morgan fingerprint density at radius 2 is 1.84 bits per heavy atom. The number of carboxylic acids is 1. The summed E-state index contributed by atoms with van der Waals surface area (Å²) in [5.74, 6) is -0.835. The lowest BCUT2D eigenvalue weighted by Gasteiger charge is -2.25. The van der Waals surface area contributed by atoms with Crippen molar-refractivity contribution >= 4 is 17.6 Å². The van der Waals surface area contributed by atoms with Gasteiger partial charge in [0.05, 0.1) is 5.41 Å². The molecule has 98 valence electrons. The summed E-state index contributed by atoms with van der Waals surface area (Å²) >= 11 is 5.95. The van der Waals surface area contributed by atoms with Crippen molar-refractivity contribution in [3.63, 3.8) is 0 Å². The number of rotatable bonds is 4. The van der Waals surface area contributed by atoms with E-state index in [0.717, 1.165) is 11.1 Å². The van der Waals surface area contributed by atoms with Crippen LogP contribution in [0.5, 0.6) is 0 Å². The fourth-order valence-electron chi connectivity index (χ4n) is 2.16. The topological polar surface area (TPSA) is 37.3 Å². The molecule has 0 saturated heterocycles. The van der Waals surface area contributed by atoms with Crippen molar-refractivity contribution in [1.29, 1.82) is 0 Å². The summed E-state index contributed by atoms with van der Waals surface area (Å²) in [4.78, 5) is 11.7. The molecule has 19 heavy (non-hydrogen) atoms. The van der Waals surface area contributed by atoms with Crippen LogP contribution in [0.2, 0.25) is 5.02 Å². The van der Waals surface area contributed by atoms with Gasteiger partial charge in [-0.05, 0) is 36.6 Å². The SMILES string of the molecule is CC(Cc1cccc(Cl)c1)(C(=O)O)c1ccccc1. The van der Waals surface area contributed by atoms with Gasteiger partial charge in [0.25, 0.3) is 0 Å². The van der Waals surface area contributed by atoms with E-state index in [0.29, 0.717) is 11.4 Å². The first-order valence-electron chi connectivity index (χ1n) is 6.06. The van der Waals surface area contributed by atoms with Crippen molar-refractivity contribution in [3.05, 3.63) is 70.7 Å². The van der Waals surface area contributed by atoms with E-state index in [1.165, 1.54) is 0 Å². The molecule has 3 heteroatoms. The molecule has 0 fully saturated rings. The fraction of sp³-hybridized carbons (Fsp3) is 0.188. The number of carboxylic acid groups (broad SMARTS) is 1. The van der Waals surface area contributed by atoms with Gasteiger partial charge < -0.3 is 5.11 Å². The van der Waals surface area contributed by atoms with Crippen LogP contribution in [-0.2, 0) is 16.6 Å². The Bertz CT molecular complexity index is 580. The normalized spacial score (nSPS) is 13.8. The summed E-state index contributed by atoms with van der Waals surface area (Å²) < 4.78 is 0. The zero-order valence-corrected chi connectivity index (χ0v) is 11.4. The third-order valence-electron chi connectivity index (χ3n) is 3.33. The van der Waals surface area contributed by atoms with Crippen molar-refractivity contribution in [2.24, 2.45) is 0 Å². The number of hydrogen-bond acceptors (Lipinski definition) is 1. The molecule has 0 amide bonds. The Hall–Kier alpha value is -1.80. The van der Waals surface area contributed by atoms with Gasteiger partial charge in [0.2, 0.25) is 0 Å². The third kappa shape index (κ3) is 2.96. The molecule has 2 aromatic carbocycles. The highest BCUT2D eigenvalue weighted by molar-refractivity contribution is 6.30. The maximum absolute atomic E-state index is 11.7. The van der Waals surface area contributed by atoms with Gasteiger partial charge in [-0.3, -0.25) is 4.79 Å². The molecule has 0 bridgehead atoms. The number of carbonyl (C=O) groups is 1. The second kappa shape index (κ2) is 5.45. The lowest BCUT2D eigenvalue weighted by atomic mass is 9.77. The molecule has 2 nitrogen and oxygen atoms in total. The summed E-state index contributed by atoms with van der Waals surface area (Å²) in [6.45, 7) is 1.74. The molecule has 0 heterocycles. The molecule has 0 radical (unpaired) electrons. The number of halogens is 1. The maximum Gasteiger partial charge on any atom is 0.314 e. The average molecular weight is 275 g/mol. The number of hydrogen-bond donors (Lipinski definition) is 1. The van der Waals surface area contributed by atoms with Crippen LogP contribution in [0.15, 0.2) is 54.6 Å². The zero-order valence-electron chi connectivity index (χ0n) is 10.6. The van der Waals surface area contributed by atoms with Crippen LogP contribution in [0.25, 0.3) is 0 Å². The van der Waals surface area contributed by atoms with Crippen LogP contribution in [0, 0.1) is 0 Å². The Labute approximate surface area is 117 Å². The second-order valence-corrected chi connectivity index (χ2v) is 5.25. The van der Waals surface area contributed by atoms with Gasteiger partial charge in [0.15, 0.2) is 0 Å². The van der Waals surface area contributed by atoms with Crippen LogP contribution in [0.1, 0.15) is 18.1 Å². The van der Waals surface area contributed by atoms with E-state index >= 15 is 0 Å². The van der Waals surface area contributed by atoms with E-state index in [9.17, 15) is 9.90 Å². The van der Waals surface area contributed by atoms with Gasteiger partial charge in [-0.2, -0.15) is 0 Å². The van der Waals surface area contributed by atoms with Crippen molar-refractivity contribution in [2.75, 3.05) is 0 Å². The molecule has 0 aromatic heterocycles. The minimum absolute atomic E-state index is 0.410. The van der Waals surface area contributed by atoms with Crippen LogP contribution in [0.3, 0.4) is 0 Å². The van der Waals surface area contributed by atoms with E-state index in [1.807, 2.05) is 48.5 Å². The first-order chi connectivity index (χ1) is 9.02. The minimum Gasteiger partial charge on any atom is -0.481 e. The average Bonchev–Trinajstić information content (AvgIpc) is 2.39. The van der Waals surface area contributed by atoms with E-state index in [1.54, 1.807) is 13.0 Å². The highest BCUT2D eigenvalue weighted by atomic mass is 35.5. The Morgan fingerprint density at radius 1 is 1.16 bits per heavy atom. The van der Waals surface area contributed by atoms with E-state index in [2.05, 4.69) is 0 Å². The number of benzene rings is 2. The molecule has 0 aliphatic carbocycles. The zero-order chi connectivity index (χ0) is 13.9. The van der Waals surface area contributed by atoms with Crippen molar-refractivity contribution in [3.8, 4) is 0 Å². The third-order valence-corrected chi connectivity index (χ3v) is 3.56. The van der Waals surface area contributed by atoms with Crippen LogP contribution < -0.4 is 0 Å². The quantitative estimate of drug-likeness (QED) is 0.917. The highest BCUT2D eigenvalue weighted by Crippen LogP contribution is 2.29. The fourth-order valence-corrected chi connectivity index (χ4v) is 2.38. The van der Waals surface area contributed by atoms with Gasteiger partial charge in [-0.1, -0.05) is 54.1 Å². The largest absolute Gasteiger partial charge is 0.481 e. The minimum atomic E-state index is -0.952. The summed E-state index contributed by atoms with van der Waals surface area (Å²) in [6, 6.07) is 16.6. The molecule has 1 N–H and O–H groups in total. The summed E-state index contributed by atoms with van der Waals surface area (Å²) in [6.07, 6.45) is 0.410. The molecule has 0 spiro atoms. The van der Waals surface area contributed by atoms with Gasteiger partial charge in [0, 0.05) is 5.02 Å². The highest BCUT2D eigenvalue weighted by Gasteiger charge is 2.35. The first kappa shape index (κ1) is 13.6. The smallest absolute Gasteiger partial charge is 0.314 e. The van der Waals surface area contributed by atoms with Crippen molar-refractivity contribution in [1.82, 2.24) is 0 Å². The van der Waals surface area contributed by atoms with Crippen LogP contribution in [-0.4, -0.2) is 11.1 Å². The molecule has 2 rings (SSSR count). The Morgan fingerprint density at radius 3 is 2.42 bits per heavy atom. The Balaban J connectivity index is 2.39. The molecular weight excluding hydrogens is 260 g/mol. The maximum atomic E-state index is 11.7. The lowest BCUT2D eigenvalue weighted by Crippen LogP contribution is -2.34. The van der Waals surface area contributed by atoms with Gasteiger partial charge in [-0.15, -0.1) is 0 Å². The predicted octanol–water partition coefficient (Wildman–Crippen LogP) is 3.93. The standard InChI is InChI=1S/C16H15ClO2/c1-16(15(18)19,13-7-3-2-4-8-13)11-12-6-5-9-14(17)10-12/h2-10H,11H2,1H3,(H,18,19). The van der Waals surface area contributed by atoms with Crippen LogP contribution in [0.4, 0.5) is 0 Å². The molecule has 0 aliphatic rings. The molecule has 0 aliphatic heterocycles. The van der Waals surface area contributed by atoms with Crippen molar-refractivity contribution < 1.29 is 9.90 Å². The van der Waals surface area contributed by atoms with E-state index < -0.39 is 11.4 Å². The molecule has 1 atom stereocenters. The molecule has 1 unspecified atom stereocenters. The number of aliphatic carboxylic acids is 1.